The lowest BCUT2D eigenvalue weighted by atomic mass is 9.99. The predicted molar refractivity (Wildman–Crippen MR) is 64.8 cm³/mol. The number of rotatable bonds is 5. The van der Waals surface area contributed by atoms with Crippen LogP contribution in [-0.2, 0) is 0 Å². The van der Waals surface area contributed by atoms with Crippen molar-refractivity contribution in [2.24, 2.45) is 0 Å². The third kappa shape index (κ3) is 3.04. The van der Waals surface area contributed by atoms with Crippen LogP contribution in [0.25, 0.3) is 0 Å². The topological polar surface area (TPSA) is 23.8 Å². The maximum absolute atomic E-state index is 8.45. The average molecular weight is 225 g/mol. The van der Waals surface area contributed by atoms with E-state index in [4.69, 9.17) is 5.26 Å². The van der Waals surface area contributed by atoms with Crippen LogP contribution in [0.15, 0.2) is 11.4 Å². The van der Waals surface area contributed by atoms with E-state index in [0.29, 0.717) is 5.92 Å². The molecule has 0 spiro atoms. The van der Waals surface area contributed by atoms with Crippen LogP contribution in [0.5, 0.6) is 0 Å². The number of aryl methyl sites for hydroxylation is 1. The van der Waals surface area contributed by atoms with Gasteiger partial charge in [0, 0.05) is 10.6 Å². The molecule has 0 saturated carbocycles. The Hall–Kier alpha value is -0.460. The van der Waals surface area contributed by atoms with Gasteiger partial charge in [-0.05, 0) is 54.5 Å². The monoisotopic (exact) mass is 225 g/mol. The molecule has 1 heterocycles. The fourth-order valence-corrected chi connectivity index (χ4v) is 3.21. The minimum atomic E-state index is 0.649. The summed E-state index contributed by atoms with van der Waals surface area (Å²) in [5.41, 5.74) is 1.41. The molecule has 1 rings (SSSR count). The Morgan fingerprint density at radius 2 is 2.43 bits per heavy atom. The quantitative estimate of drug-likeness (QED) is 0.555. The molecule has 0 fully saturated rings. The molecule has 0 aliphatic carbocycles. The first-order valence-electron chi connectivity index (χ1n) is 4.84. The van der Waals surface area contributed by atoms with E-state index in [9.17, 15) is 0 Å². The maximum Gasteiger partial charge on any atom is 0.133 e. The van der Waals surface area contributed by atoms with Crippen molar-refractivity contribution in [2.75, 3.05) is 5.75 Å². The zero-order valence-corrected chi connectivity index (χ0v) is 10.3. The van der Waals surface area contributed by atoms with E-state index in [-0.39, 0.29) is 0 Å². The van der Waals surface area contributed by atoms with E-state index in [1.54, 1.807) is 0 Å². The Morgan fingerprint density at radius 1 is 1.64 bits per heavy atom. The summed E-state index contributed by atoms with van der Waals surface area (Å²) in [6.07, 6.45) is 2.30. The van der Waals surface area contributed by atoms with Crippen molar-refractivity contribution in [2.45, 2.75) is 32.6 Å². The standard InChI is InChI=1S/C11H15NS2/c1-3-10(5-6-13-8-12)11-9(2)4-7-14-11/h4,7,10H,3,5-6H2,1-2H3. The van der Waals surface area contributed by atoms with Crippen molar-refractivity contribution in [3.63, 3.8) is 0 Å². The Bertz CT molecular complexity index is 311. The van der Waals surface area contributed by atoms with Crippen LogP contribution in [0.1, 0.15) is 36.1 Å². The van der Waals surface area contributed by atoms with Gasteiger partial charge in [-0.2, -0.15) is 5.26 Å². The SMILES string of the molecule is CCC(CCSC#N)c1sccc1C. The summed E-state index contributed by atoms with van der Waals surface area (Å²) in [6.45, 7) is 4.40. The minimum Gasteiger partial charge on any atom is -0.185 e. The summed E-state index contributed by atoms with van der Waals surface area (Å²) in [4.78, 5) is 1.51. The molecular formula is C11H15NS2. The van der Waals surface area contributed by atoms with Crippen molar-refractivity contribution in [1.82, 2.24) is 0 Å². The molecule has 1 atom stereocenters. The summed E-state index contributed by atoms with van der Waals surface area (Å²) >= 11 is 3.21. The summed E-state index contributed by atoms with van der Waals surface area (Å²) in [7, 11) is 0. The normalized spacial score (nSPS) is 12.4. The second-order valence-corrected chi connectivity index (χ2v) is 5.13. The predicted octanol–water partition coefficient (Wildman–Crippen LogP) is 4.15. The summed E-state index contributed by atoms with van der Waals surface area (Å²) in [5, 5.41) is 12.7. The molecule has 0 amide bonds. The molecule has 0 bridgehead atoms. The van der Waals surface area contributed by atoms with E-state index in [0.717, 1.165) is 12.2 Å². The molecule has 0 aliphatic rings. The Kier molecular flexibility index (Phi) is 5.06. The van der Waals surface area contributed by atoms with Crippen LogP contribution in [0.4, 0.5) is 0 Å². The Morgan fingerprint density at radius 3 is 2.93 bits per heavy atom. The van der Waals surface area contributed by atoms with Crippen molar-refractivity contribution in [3.05, 3.63) is 21.9 Å². The number of hydrogen-bond acceptors (Lipinski definition) is 3. The van der Waals surface area contributed by atoms with Gasteiger partial charge >= 0.3 is 0 Å². The van der Waals surface area contributed by atoms with Gasteiger partial charge in [0.25, 0.3) is 0 Å². The van der Waals surface area contributed by atoms with E-state index in [1.807, 2.05) is 11.3 Å². The highest BCUT2D eigenvalue weighted by Gasteiger charge is 2.12. The molecule has 1 aromatic rings. The largest absolute Gasteiger partial charge is 0.185 e. The summed E-state index contributed by atoms with van der Waals surface area (Å²) < 4.78 is 0. The van der Waals surface area contributed by atoms with Gasteiger partial charge in [-0.15, -0.1) is 11.3 Å². The average Bonchev–Trinajstić information content (AvgIpc) is 2.60. The van der Waals surface area contributed by atoms with Crippen LogP contribution in [0.2, 0.25) is 0 Å². The number of thioether (sulfide) groups is 1. The number of hydrogen-bond donors (Lipinski definition) is 0. The molecule has 1 nitrogen and oxygen atoms in total. The van der Waals surface area contributed by atoms with Crippen LogP contribution in [-0.4, -0.2) is 5.75 Å². The zero-order valence-electron chi connectivity index (χ0n) is 8.62. The Balaban J connectivity index is 2.55. The van der Waals surface area contributed by atoms with Crippen LogP contribution >= 0.6 is 23.1 Å². The fraction of sp³-hybridized carbons (Fsp3) is 0.545. The lowest BCUT2D eigenvalue weighted by Crippen LogP contribution is -1.97. The van der Waals surface area contributed by atoms with E-state index in [1.165, 1.54) is 28.6 Å². The van der Waals surface area contributed by atoms with Gasteiger partial charge in [0.1, 0.15) is 5.40 Å². The second kappa shape index (κ2) is 6.10. The lowest BCUT2D eigenvalue weighted by Gasteiger charge is -2.12. The highest BCUT2D eigenvalue weighted by atomic mass is 32.2. The van der Waals surface area contributed by atoms with E-state index < -0.39 is 0 Å². The van der Waals surface area contributed by atoms with E-state index >= 15 is 0 Å². The van der Waals surface area contributed by atoms with Gasteiger partial charge in [0.15, 0.2) is 0 Å². The molecule has 0 saturated heterocycles. The molecule has 0 aliphatic heterocycles. The summed E-state index contributed by atoms with van der Waals surface area (Å²) in [6, 6.07) is 2.18. The molecule has 14 heavy (non-hydrogen) atoms. The highest BCUT2D eigenvalue weighted by Crippen LogP contribution is 2.31. The molecule has 0 N–H and O–H groups in total. The first-order chi connectivity index (χ1) is 6.79. The maximum atomic E-state index is 8.45. The zero-order chi connectivity index (χ0) is 10.4. The smallest absolute Gasteiger partial charge is 0.133 e. The Labute approximate surface area is 94.1 Å². The lowest BCUT2D eigenvalue weighted by molar-refractivity contribution is 0.656. The van der Waals surface area contributed by atoms with Gasteiger partial charge in [-0.25, -0.2) is 0 Å². The molecular weight excluding hydrogens is 210 g/mol. The van der Waals surface area contributed by atoms with Crippen LogP contribution in [0, 0.1) is 17.6 Å². The van der Waals surface area contributed by atoms with Crippen molar-refractivity contribution < 1.29 is 0 Å². The molecule has 0 aromatic carbocycles. The number of nitrogens with zero attached hydrogens (tertiary/aromatic N) is 1. The van der Waals surface area contributed by atoms with Gasteiger partial charge in [-0.3, -0.25) is 0 Å². The first kappa shape index (κ1) is 11.6. The third-order valence-corrected chi connectivity index (χ3v) is 4.15. The molecule has 1 aromatic heterocycles. The van der Waals surface area contributed by atoms with Crippen molar-refractivity contribution in [1.29, 1.82) is 5.26 Å². The van der Waals surface area contributed by atoms with Gasteiger partial charge in [-0.1, -0.05) is 6.92 Å². The van der Waals surface area contributed by atoms with Gasteiger partial charge < -0.3 is 0 Å². The van der Waals surface area contributed by atoms with Crippen LogP contribution < -0.4 is 0 Å². The molecule has 76 valence electrons. The third-order valence-electron chi connectivity index (χ3n) is 2.40. The van der Waals surface area contributed by atoms with Crippen LogP contribution in [0.3, 0.4) is 0 Å². The number of thiocyanates is 1. The van der Waals surface area contributed by atoms with E-state index in [2.05, 4.69) is 30.7 Å². The molecule has 0 radical (unpaired) electrons. The van der Waals surface area contributed by atoms with Crippen molar-refractivity contribution in [3.8, 4) is 5.40 Å². The number of thiophene rings is 1. The van der Waals surface area contributed by atoms with Crippen molar-refractivity contribution >= 4 is 23.1 Å². The summed E-state index contributed by atoms with van der Waals surface area (Å²) in [5.74, 6) is 1.60. The van der Waals surface area contributed by atoms with Gasteiger partial charge in [0.2, 0.25) is 0 Å². The molecule has 1 unspecified atom stereocenters. The minimum absolute atomic E-state index is 0.649. The second-order valence-electron chi connectivity index (χ2n) is 3.30. The highest BCUT2D eigenvalue weighted by molar-refractivity contribution is 8.03. The van der Waals surface area contributed by atoms with Gasteiger partial charge in [0.05, 0.1) is 0 Å². The first-order valence-corrected chi connectivity index (χ1v) is 6.71. The number of nitriles is 1. The molecule has 3 heteroatoms. The fourth-order valence-electron chi connectivity index (χ4n) is 1.57.